The smallest absolute Gasteiger partial charge is 0.0956 e. The summed E-state index contributed by atoms with van der Waals surface area (Å²) in [6.07, 6.45) is 12.7. The van der Waals surface area contributed by atoms with Crippen molar-refractivity contribution in [2.45, 2.75) is 31.3 Å². The Morgan fingerprint density at radius 2 is 2.15 bits per heavy atom. The monoisotopic (exact) mass is 367 g/mol. The molecule has 2 fully saturated rings. The van der Waals surface area contributed by atoms with E-state index in [1.807, 2.05) is 12.4 Å². The lowest BCUT2D eigenvalue weighted by Crippen LogP contribution is -2.43. The number of nitrogens with two attached hydrogens (primary N) is 2. The van der Waals surface area contributed by atoms with Crippen LogP contribution in [-0.2, 0) is 0 Å². The van der Waals surface area contributed by atoms with E-state index < -0.39 is 0 Å². The number of aliphatic imine (C=N–C) groups is 3. The molecule has 4 rings (SSSR count). The highest BCUT2D eigenvalue weighted by Crippen LogP contribution is 2.29. The quantitative estimate of drug-likeness (QED) is 0.619. The Hall–Kier alpha value is -2.25. The molecule has 7 heteroatoms. The summed E-state index contributed by atoms with van der Waals surface area (Å²) in [6.45, 7) is 4.87. The molecule has 2 heterocycles. The number of fused-ring (bicyclic) bond motifs is 1. The van der Waals surface area contributed by atoms with E-state index in [-0.39, 0.29) is 6.04 Å². The van der Waals surface area contributed by atoms with Crippen LogP contribution in [0.15, 0.2) is 50.3 Å². The molecule has 0 aromatic carbocycles. The third-order valence-corrected chi connectivity index (χ3v) is 5.74. The van der Waals surface area contributed by atoms with E-state index in [1.54, 1.807) is 6.20 Å². The van der Waals surface area contributed by atoms with Gasteiger partial charge in [-0.25, -0.2) is 4.99 Å². The molecule has 1 unspecified atom stereocenters. The van der Waals surface area contributed by atoms with E-state index in [1.165, 1.54) is 5.70 Å². The van der Waals surface area contributed by atoms with E-state index in [9.17, 15) is 0 Å². The summed E-state index contributed by atoms with van der Waals surface area (Å²) < 4.78 is 0. The van der Waals surface area contributed by atoms with Gasteiger partial charge in [0.15, 0.2) is 0 Å². The van der Waals surface area contributed by atoms with Crippen molar-refractivity contribution in [2.75, 3.05) is 32.7 Å². The molecule has 0 bridgehead atoms. The molecule has 0 spiro atoms. The van der Waals surface area contributed by atoms with Crippen LogP contribution in [0, 0.1) is 5.92 Å². The van der Waals surface area contributed by atoms with E-state index in [0.717, 1.165) is 69.0 Å². The third kappa shape index (κ3) is 4.04. The van der Waals surface area contributed by atoms with Crippen molar-refractivity contribution in [3.05, 3.63) is 35.3 Å². The van der Waals surface area contributed by atoms with Crippen LogP contribution < -0.4 is 16.8 Å². The summed E-state index contributed by atoms with van der Waals surface area (Å²) in [5, 5.41) is 3.40. The van der Waals surface area contributed by atoms with Crippen LogP contribution in [0.3, 0.4) is 0 Å². The summed E-state index contributed by atoms with van der Waals surface area (Å²) >= 11 is 0. The van der Waals surface area contributed by atoms with Gasteiger partial charge in [0.1, 0.15) is 0 Å². The first kappa shape index (κ1) is 18.1. The molecule has 1 saturated heterocycles. The van der Waals surface area contributed by atoms with Gasteiger partial charge in [0.05, 0.1) is 23.5 Å². The fraction of sp³-hybridized carbons (Fsp3) is 0.550. The van der Waals surface area contributed by atoms with Gasteiger partial charge in [-0.15, -0.1) is 0 Å². The zero-order chi connectivity index (χ0) is 18.6. The molecule has 144 valence electrons. The number of piperazine rings is 1. The largest absolute Gasteiger partial charge is 0.404 e. The first-order valence-electron chi connectivity index (χ1n) is 9.91. The second-order valence-corrected chi connectivity index (χ2v) is 7.59. The molecule has 1 atom stereocenters. The number of nitrogens with zero attached hydrogens (tertiary/aromatic N) is 4. The summed E-state index contributed by atoms with van der Waals surface area (Å²) in [4.78, 5) is 16.6. The van der Waals surface area contributed by atoms with Gasteiger partial charge in [0, 0.05) is 56.1 Å². The van der Waals surface area contributed by atoms with E-state index >= 15 is 0 Å². The average Bonchev–Trinajstić information content (AvgIpc) is 2.69. The van der Waals surface area contributed by atoms with Crippen LogP contribution in [0.2, 0.25) is 0 Å². The lowest BCUT2D eigenvalue weighted by atomic mass is 9.81. The highest BCUT2D eigenvalue weighted by Gasteiger charge is 2.27. The molecule has 0 aromatic heterocycles. The Labute approximate surface area is 160 Å². The second kappa shape index (κ2) is 8.19. The predicted molar refractivity (Wildman–Crippen MR) is 111 cm³/mol. The van der Waals surface area contributed by atoms with E-state index in [0.29, 0.717) is 12.0 Å². The summed E-state index contributed by atoms with van der Waals surface area (Å²) in [6, 6.07) is 0.479. The van der Waals surface area contributed by atoms with Gasteiger partial charge < -0.3 is 21.7 Å². The maximum atomic E-state index is 5.85. The Kier molecular flexibility index (Phi) is 5.50. The molecule has 27 heavy (non-hydrogen) atoms. The Balaban J connectivity index is 1.46. The SMILES string of the molecule is NC=C(C=NC1CC(CN)C1)C1=NC2=CC(N3CCNCC3)=CCC2N=C1. The van der Waals surface area contributed by atoms with Gasteiger partial charge in [-0.2, -0.15) is 0 Å². The van der Waals surface area contributed by atoms with Crippen molar-refractivity contribution >= 4 is 18.1 Å². The zero-order valence-electron chi connectivity index (χ0n) is 15.7. The van der Waals surface area contributed by atoms with Crippen LogP contribution in [-0.4, -0.2) is 67.8 Å². The van der Waals surface area contributed by atoms with Crippen LogP contribution in [0.4, 0.5) is 0 Å². The Morgan fingerprint density at radius 3 is 2.89 bits per heavy atom. The highest BCUT2D eigenvalue weighted by molar-refractivity contribution is 6.44. The number of hydrogen-bond acceptors (Lipinski definition) is 7. The zero-order valence-corrected chi connectivity index (χ0v) is 15.7. The van der Waals surface area contributed by atoms with Crippen LogP contribution >= 0.6 is 0 Å². The maximum absolute atomic E-state index is 5.85. The van der Waals surface area contributed by atoms with Gasteiger partial charge >= 0.3 is 0 Å². The molecular formula is C20H29N7. The summed E-state index contributed by atoms with van der Waals surface area (Å²) in [5.41, 5.74) is 15.4. The van der Waals surface area contributed by atoms with Crippen molar-refractivity contribution in [2.24, 2.45) is 32.4 Å². The maximum Gasteiger partial charge on any atom is 0.0956 e. The Bertz CT molecular complexity index is 731. The normalized spacial score (nSPS) is 31.1. The van der Waals surface area contributed by atoms with Gasteiger partial charge in [-0.05, 0) is 37.8 Å². The van der Waals surface area contributed by atoms with Gasteiger partial charge in [0.2, 0.25) is 0 Å². The minimum Gasteiger partial charge on any atom is -0.404 e. The number of hydrogen-bond donors (Lipinski definition) is 3. The van der Waals surface area contributed by atoms with Crippen LogP contribution in [0.5, 0.6) is 0 Å². The third-order valence-electron chi connectivity index (χ3n) is 5.74. The van der Waals surface area contributed by atoms with Crippen molar-refractivity contribution in [3.8, 4) is 0 Å². The number of allylic oxidation sites excluding steroid dienone is 2. The molecule has 2 aliphatic heterocycles. The van der Waals surface area contributed by atoms with Crippen molar-refractivity contribution < 1.29 is 0 Å². The molecular weight excluding hydrogens is 338 g/mol. The standard InChI is InChI=1S/C20H29N7/c21-10-14-7-16(8-14)24-12-15(11-22)20-13-25-18-2-1-17(9-19(18)26-20)27-5-3-23-4-6-27/h1,9,11-14,16,18,23H,2-8,10,21-22H2. The first-order chi connectivity index (χ1) is 13.3. The molecule has 4 aliphatic rings. The van der Waals surface area contributed by atoms with E-state index in [4.69, 9.17) is 21.5 Å². The molecule has 0 amide bonds. The first-order valence-corrected chi connectivity index (χ1v) is 9.91. The van der Waals surface area contributed by atoms with Gasteiger partial charge in [-0.3, -0.25) is 9.98 Å². The summed E-state index contributed by atoms with van der Waals surface area (Å²) in [5.74, 6) is 0.620. The minimum atomic E-state index is 0.119. The minimum absolute atomic E-state index is 0.119. The molecule has 0 radical (unpaired) electrons. The number of rotatable bonds is 5. The Morgan fingerprint density at radius 1 is 1.33 bits per heavy atom. The number of nitrogens with one attached hydrogen (secondary N) is 1. The summed E-state index contributed by atoms with van der Waals surface area (Å²) in [7, 11) is 0. The van der Waals surface area contributed by atoms with Crippen molar-refractivity contribution in [1.29, 1.82) is 0 Å². The average molecular weight is 368 g/mol. The van der Waals surface area contributed by atoms with Gasteiger partial charge in [-0.1, -0.05) is 6.08 Å². The molecule has 2 aliphatic carbocycles. The lowest BCUT2D eigenvalue weighted by molar-refractivity contribution is 0.276. The van der Waals surface area contributed by atoms with Crippen molar-refractivity contribution in [3.63, 3.8) is 0 Å². The molecule has 1 saturated carbocycles. The fourth-order valence-electron chi connectivity index (χ4n) is 3.91. The second-order valence-electron chi connectivity index (χ2n) is 7.59. The molecule has 7 nitrogen and oxygen atoms in total. The lowest BCUT2D eigenvalue weighted by Gasteiger charge is -2.33. The van der Waals surface area contributed by atoms with Gasteiger partial charge in [0.25, 0.3) is 0 Å². The van der Waals surface area contributed by atoms with E-state index in [2.05, 4.69) is 27.4 Å². The highest BCUT2D eigenvalue weighted by atomic mass is 15.2. The van der Waals surface area contributed by atoms with Crippen LogP contribution in [0.1, 0.15) is 19.3 Å². The van der Waals surface area contributed by atoms with Crippen LogP contribution in [0.25, 0.3) is 0 Å². The topological polar surface area (TPSA) is 104 Å². The fourth-order valence-corrected chi connectivity index (χ4v) is 3.91. The molecule has 0 aromatic rings. The molecule has 5 N–H and O–H groups in total. The predicted octanol–water partition coefficient (Wildman–Crippen LogP) is 0.608. The van der Waals surface area contributed by atoms with Crippen molar-refractivity contribution in [1.82, 2.24) is 10.2 Å².